The molecule has 2 N–H and O–H groups in total. The number of nitrogens with two attached hydrogens (primary N) is 1. The van der Waals surface area contributed by atoms with Crippen LogP contribution in [0.4, 0.5) is 0 Å². The number of nitrogens with zero attached hydrogens (tertiary/aromatic N) is 1. The number of primary amides is 1. The number of esters is 1. The van der Waals surface area contributed by atoms with Crippen molar-refractivity contribution >= 4 is 11.9 Å². The Morgan fingerprint density at radius 2 is 1.58 bits per heavy atom. The van der Waals surface area contributed by atoms with Gasteiger partial charge in [0, 0.05) is 12.4 Å². The van der Waals surface area contributed by atoms with Crippen molar-refractivity contribution in [3.63, 3.8) is 0 Å². The lowest BCUT2D eigenvalue weighted by Crippen LogP contribution is -2.26. The molecule has 132 valence electrons. The molecule has 26 heavy (non-hydrogen) atoms. The van der Waals surface area contributed by atoms with Crippen LogP contribution in [0.25, 0.3) is 11.1 Å². The van der Waals surface area contributed by atoms with E-state index in [1.54, 1.807) is 10.8 Å². The quantitative estimate of drug-likeness (QED) is 0.666. The molecule has 0 radical (unpaired) electrons. The van der Waals surface area contributed by atoms with Gasteiger partial charge >= 0.3 is 5.97 Å². The van der Waals surface area contributed by atoms with Crippen molar-refractivity contribution in [1.29, 1.82) is 0 Å². The molecule has 0 saturated carbocycles. The zero-order valence-electron chi connectivity index (χ0n) is 14.2. The molecule has 1 atom stereocenters. The lowest BCUT2D eigenvalue weighted by atomic mass is 10.1. The number of carbonyl (C=O) groups is 2. The van der Waals surface area contributed by atoms with E-state index in [0.717, 1.165) is 16.7 Å². The number of aromatic nitrogens is 1. The normalized spacial score (nSPS) is 11.7. The van der Waals surface area contributed by atoms with E-state index in [1.165, 1.54) is 0 Å². The molecule has 3 aromatic rings. The van der Waals surface area contributed by atoms with E-state index in [9.17, 15) is 9.59 Å². The predicted molar refractivity (Wildman–Crippen MR) is 99.0 cm³/mol. The summed E-state index contributed by atoms with van der Waals surface area (Å²) in [4.78, 5) is 24.0. The highest BCUT2D eigenvalue weighted by Gasteiger charge is 2.24. The molecule has 0 fully saturated rings. The summed E-state index contributed by atoms with van der Waals surface area (Å²) in [6.07, 6.45) is 3.48. The maximum absolute atomic E-state index is 12.5. The molecule has 1 amide bonds. The minimum atomic E-state index is -0.784. The molecule has 5 heteroatoms. The Morgan fingerprint density at radius 1 is 0.923 bits per heavy atom. The number of hydrogen-bond acceptors (Lipinski definition) is 3. The minimum absolute atomic E-state index is 0.115. The van der Waals surface area contributed by atoms with Crippen LogP contribution in [0.5, 0.6) is 0 Å². The van der Waals surface area contributed by atoms with Gasteiger partial charge in [-0.25, -0.2) is 4.79 Å². The monoisotopic (exact) mass is 348 g/mol. The van der Waals surface area contributed by atoms with Crippen molar-refractivity contribution in [2.75, 3.05) is 0 Å². The Morgan fingerprint density at radius 3 is 2.23 bits per heavy atom. The lowest BCUT2D eigenvalue weighted by molar-refractivity contribution is -0.150. The second-order valence-corrected chi connectivity index (χ2v) is 5.99. The zero-order chi connectivity index (χ0) is 18.4. The van der Waals surface area contributed by atoms with Gasteiger partial charge in [-0.3, -0.25) is 4.79 Å². The van der Waals surface area contributed by atoms with Gasteiger partial charge < -0.3 is 15.0 Å². The summed E-state index contributed by atoms with van der Waals surface area (Å²) in [5.74, 6) is -1.04. The van der Waals surface area contributed by atoms with Crippen LogP contribution in [0.1, 0.15) is 18.0 Å². The standard InChI is InChI=1S/C21H20N2O3/c22-20(24)13-19(21(25)26-15-16-7-3-1-4-8-16)23-12-11-18(14-23)17-9-5-2-6-10-17/h1-12,14,19H,13,15H2,(H2,22,24). The highest BCUT2D eigenvalue weighted by Crippen LogP contribution is 2.23. The summed E-state index contributed by atoms with van der Waals surface area (Å²) in [5, 5.41) is 0. The van der Waals surface area contributed by atoms with Gasteiger partial charge in [-0.1, -0.05) is 60.7 Å². The first-order valence-electron chi connectivity index (χ1n) is 8.35. The van der Waals surface area contributed by atoms with E-state index in [2.05, 4.69) is 0 Å². The Labute approximate surface area is 152 Å². The van der Waals surface area contributed by atoms with Gasteiger partial charge in [-0.15, -0.1) is 0 Å². The van der Waals surface area contributed by atoms with Crippen molar-refractivity contribution in [3.8, 4) is 11.1 Å². The van der Waals surface area contributed by atoms with E-state index in [4.69, 9.17) is 10.5 Å². The molecule has 0 bridgehead atoms. The molecule has 0 spiro atoms. The molecular formula is C21H20N2O3. The first-order valence-corrected chi connectivity index (χ1v) is 8.35. The molecular weight excluding hydrogens is 328 g/mol. The van der Waals surface area contributed by atoms with Crippen molar-refractivity contribution in [1.82, 2.24) is 4.57 Å². The van der Waals surface area contributed by atoms with E-state index >= 15 is 0 Å². The van der Waals surface area contributed by atoms with E-state index in [1.807, 2.05) is 72.9 Å². The zero-order valence-corrected chi connectivity index (χ0v) is 14.2. The fourth-order valence-electron chi connectivity index (χ4n) is 2.73. The molecule has 2 aromatic carbocycles. The first-order chi connectivity index (χ1) is 12.6. The van der Waals surface area contributed by atoms with Crippen LogP contribution in [-0.2, 0) is 20.9 Å². The number of benzene rings is 2. The third-order valence-corrected chi connectivity index (χ3v) is 4.07. The number of amides is 1. The van der Waals surface area contributed by atoms with Gasteiger partial charge in [0.2, 0.25) is 5.91 Å². The minimum Gasteiger partial charge on any atom is -0.459 e. The van der Waals surface area contributed by atoms with Crippen LogP contribution >= 0.6 is 0 Å². The highest BCUT2D eigenvalue weighted by atomic mass is 16.5. The first kappa shape index (κ1) is 17.5. The number of carbonyl (C=O) groups excluding carboxylic acids is 2. The highest BCUT2D eigenvalue weighted by molar-refractivity contribution is 5.83. The topological polar surface area (TPSA) is 74.3 Å². The second-order valence-electron chi connectivity index (χ2n) is 5.99. The summed E-state index contributed by atoms with van der Waals surface area (Å²) < 4.78 is 7.07. The van der Waals surface area contributed by atoms with Crippen molar-refractivity contribution < 1.29 is 14.3 Å². The molecule has 0 aliphatic heterocycles. The third kappa shape index (κ3) is 4.39. The average Bonchev–Trinajstić information content (AvgIpc) is 3.15. The molecule has 0 aliphatic carbocycles. The molecule has 5 nitrogen and oxygen atoms in total. The number of rotatable bonds is 7. The summed E-state index contributed by atoms with van der Waals surface area (Å²) in [5.41, 5.74) is 8.20. The molecule has 1 aromatic heterocycles. The van der Waals surface area contributed by atoms with Crippen molar-refractivity contribution in [2.45, 2.75) is 19.1 Å². The van der Waals surface area contributed by atoms with Crippen LogP contribution in [0.3, 0.4) is 0 Å². The van der Waals surface area contributed by atoms with Gasteiger partial charge in [0.25, 0.3) is 0 Å². The largest absolute Gasteiger partial charge is 0.459 e. The predicted octanol–water partition coefficient (Wildman–Crippen LogP) is 3.32. The second kappa shape index (κ2) is 8.16. The average molecular weight is 348 g/mol. The lowest BCUT2D eigenvalue weighted by Gasteiger charge is -2.16. The SMILES string of the molecule is NC(=O)CC(C(=O)OCc1ccccc1)n1ccc(-c2ccccc2)c1. The molecule has 1 unspecified atom stereocenters. The van der Waals surface area contributed by atoms with E-state index < -0.39 is 17.9 Å². The van der Waals surface area contributed by atoms with Gasteiger partial charge in [-0.05, 0) is 22.8 Å². The maximum atomic E-state index is 12.5. The van der Waals surface area contributed by atoms with Gasteiger partial charge in [0.05, 0.1) is 6.42 Å². The van der Waals surface area contributed by atoms with Crippen molar-refractivity contribution in [2.24, 2.45) is 5.73 Å². The smallest absolute Gasteiger partial charge is 0.329 e. The van der Waals surface area contributed by atoms with Crippen LogP contribution in [-0.4, -0.2) is 16.4 Å². The maximum Gasteiger partial charge on any atom is 0.329 e. The van der Waals surface area contributed by atoms with E-state index in [0.29, 0.717) is 0 Å². The summed E-state index contributed by atoms with van der Waals surface area (Å²) in [7, 11) is 0. The molecule has 0 saturated heterocycles. The Bertz CT molecular complexity index is 873. The van der Waals surface area contributed by atoms with Crippen LogP contribution in [0.15, 0.2) is 79.1 Å². The number of hydrogen-bond donors (Lipinski definition) is 1. The van der Waals surface area contributed by atoms with Gasteiger partial charge in [0.15, 0.2) is 0 Å². The Hall–Kier alpha value is -3.34. The van der Waals surface area contributed by atoms with Crippen LogP contribution in [0, 0.1) is 0 Å². The summed E-state index contributed by atoms with van der Waals surface area (Å²) in [6, 6.07) is 20.3. The van der Waals surface area contributed by atoms with Crippen LogP contribution in [0.2, 0.25) is 0 Å². The molecule has 1 heterocycles. The van der Waals surface area contributed by atoms with Gasteiger partial charge in [-0.2, -0.15) is 0 Å². The van der Waals surface area contributed by atoms with Crippen LogP contribution < -0.4 is 5.73 Å². The van der Waals surface area contributed by atoms with Gasteiger partial charge in [0.1, 0.15) is 12.6 Å². The summed E-state index contributed by atoms with van der Waals surface area (Å²) in [6.45, 7) is 0.155. The van der Waals surface area contributed by atoms with E-state index in [-0.39, 0.29) is 13.0 Å². The Kier molecular flexibility index (Phi) is 5.49. The third-order valence-electron chi connectivity index (χ3n) is 4.07. The fourth-order valence-corrected chi connectivity index (χ4v) is 2.73. The summed E-state index contributed by atoms with van der Waals surface area (Å²) >= 11 is 0. The molecule has 0 aliphatic rings. The number of ether oxygens (including phenoxy) is 1. The van der Waals surface area contributed by atoms with Crippen molar-refractivity contribution in [3.05, 3.63) is 84.7 Å². The Balaban J connectivity index is 1.76. The fraction of sp³-hybridized carbons (Fsp3) is 0.143. The molecule has 3 rings (SSSR count).